The summed E-state index contributed by atoms with van der Waals surface area (Å²) in [7, 11) is 0. The number of rotatable bonds is 6. The van der Waals surface area contributed by atoms with Crippen LogP contribution in [0.15, 0.2) is 76.7 Å². The quantitative estimate of drug-likeness (QED) is 0.145. The first-order valence-electron chi connectivity index (χ1n) is 11.1. The second-order valence-electron chi connectivity index (χ2n) is 8.42. The van der Waals surface area contributed by atoms with E-state index in [-0.39, 0.29) is 22.9 Å². The number of aromatic amines is 1. The largest absolute Gasteiger partial charge is 0.349 e. The van der Waals surface area contributed by atoms with Crippen molar-refractivity contribution in [2.45, 2.75) is 19.0 Å². The molecule has 5 aromatic rings. The third-order valence-corrected chi connectivity index (χ3v) is 6.59. The molecule has 2 N–H and O–H groups in total. The van der Waals surface area contributed by atoms with Crippen LogP contribution in [0.5, 0.6) is 0 Å². The fourth-order valence-corrected chi connectivity index (χ4v) is 4.97. The van der Waals surface area contributed by atoms with Gasteiger partial charge in [-0.15, -0.1) is 0 Å². The number of aryl methyl sites for hydroxylation is 2. The number of thioether (sulfide) groups is 1. The Morgan fingerprint density at radius 1 is 1.08 bits per heavy atom. The van der Waals surface area contributed by atoms with Crippen LogP contribution in [0, 0.1) is 24.0 Å². The number of non-ortho nitro benzene ring substituents is 1. The highest BCUT2D eigenvalue weighted by molar-refractivity contribution is 7.99. The predicted octanol–water partition coefficient (Wildman–Crippen LogP) is 5.12. The first-order chi connectivity index (χ1) is 17.3. The Kier molecular flexibility index (Phi) is 6.03. The molecule has 0 saturated heterocycles. The van der Waals surface area contributed by atoms with Crippen LogP contribution < -0.4 is 10.9 Å². The molecule has 0 aliphatic carbocycles. The Hall–Kier alpha value is -4.44. The molecule has 2 heterocycles. The zero-order valence-corrected chi connectivity index (χ0v) is 20.3. The van der Waals surface area contributed by atoms with Gasteiger partial charge in [0.25, 0.3) is 11.2 Å². The van der Waals surface area contributed by atoms with Crippen molar-refractivity contribution in [2.75, 3.05) is 11.1 Å². The number of aromatic nitrogens is 3. The second kappa shape index (κ2) is 9.31. The van der Waals surface area contributed by atoms with Crippen LogP contribution in [-0.4, -0.2) is 31.1 Å². The summed E-state index contributed by atoms with van der Waals surface area (Å²) in [4.78, 5) is 44.8. The molecule has 0 bridgehead atoms. The van der Waals surface area contributed by atoms with E-state index in [4.69, 9.17) is 4.98 Å². The maximum absolute atomic E-state index is 13.6. The lowest BCUT2D eigenvalue weighted by Gasteiger charge is -2.12. The number of carbonyl (C=O) groups excluding carboxylic acids is 1. The summed E-state index contributed by atoms with van der Waals surface area (Å²) in [6.07, 6.45) is 0. The van der Waals surface area contributed by atoms with E-state index < -0.39 is 4.92 Å². The fraction of sp³-hybridized carbons (Fsp3) is 0.115. The molecular weight excluding hydrogens is 478 g/mol. The van der Waals surface area contributed by atoms with E-state index in [1.807, 2.05) is 56.3 Å². The number of anilines is 1. The minimum Gasteiger partial charge on any atom is -0.349 e. The highest BCUT2D eigenvalue weighted by Gasteiger charge is 2.19. The van der Waals surface area contributed by atoms with Crippen LogP contribution in [0.25, 0.3) is 27.6 Å². The van der Waals surface area contributed by atoms with Crippen molar-refractivity contribution in [3.63, 3.8) is 0 Å². The van der Waals surface area contributed by atoms with Crippen molar-refractivity contribution in [1.82, 2.24) is 14.5 Å². The van der Waals surface area contributed by atoms with Gasteiger partial charge in [-0.3, -0.25) is 24.3 Å². The van der Waals surface area contributed by atoms with Gasteiger partial charge in [-0.2, -0.15) is 0 Å². The molecule has 0 aliphatic heterocycles. The van der Waals surface area contributed by atoms with E-state index in [1.165, 1.54) is 28.8 Å². The Morgan fingerprint density at radius 2 is 1.78 bits per heavy atom. The molecule has 180 valence electrons. The van der Waals surface area contributed by atoms with Gasteiger partial charge in [-0.05, 0) is 55.3 Å². The number of nitro benzene ring substituents is 1. The van der Waals surface area contributed by atoms with Gasteiger partial charge in [0.05, 0.1) is 16.4 Å². The zero-order chi connectivity index (χ0) is 25.4. The number of nitrogens with one attached hydrogen (secondary N) is 2. The number of H-pyrrole nitrogens is 1. The molecule has 3 aromatic carbocycles. The molecule has 0 saturated carbocycles. The molecule has 0 fully saturated rings. The van der Waals surface area contributed by atoms with Crippen LogP contribution in [0.1, 0.15) is 11.1 Å². The van der Waals surface area contributed by atoms with Gasteiger partial charge >= 0.3 is 0 Å². The summed E-state index contributed by atoms with van der Waals surface area (Å²) in [6, 6.07) is 18.9. The maximum Gasteiger partial charge on any atom is 0.283 e. The van der Waals surface area contributed by atoms with Gasteiger partial charge in [0.15, 0.2) is 5.16 Å². The summed E-state index contributed by atoms with van der Waals surface area (Å²) in [5, 5.41) is 15.1. The van der Waals surface area contributed by atoms with Gasteiger partial charge in [0, 0.05) is 28.7 Å². The van der Waals surface area contributed by atoms with Crippen molar-refractivity contribution in [2.24, 2.45) is 0 Å². The molecule has 0 spiro atoms. The highest BCUT2D eigenvalue weighted by Crippen LogP contribution is 2.27. The van der Waals surface area contributed by atoms with Gasteiger partial charge < -0.3 is 10.3 Å². The number of nitrogens with zero attached hydrogens (tertiary/aromatic N) is 3. The normalized spacial score (nSPS) is 11.2. The lowest BCUT2D eigenvalue weighted by Crippen LogP contribution is -2.23. The average Bonchev–Trinajstić information content (AvgIpc) is 3.21. The van der Waals surface area contributed by atoms with Gasteiger partial charge in [-0.1, -0.05) is 36.0 Å². The number of para-hydroxylation sites is 1. The van der Waals surface area contributed by atoms with Crippen molar-refractivity contribution in [3.05, 3.63) is 98.3 Å². The molecule has 36 heavy (non-hydrogen) atoms. The highest BCUT2D eigenvalue weighted by atomic mass is 32.2. The standard InChI is InChI=1S/C26H21N5O4S/c1-15-11-16(2)13-17(12-15)27-22(32)14-36-26-29-23-20-5-3-4-6-21(20)28-24(23)25(33)30(26)18-7-9-19(10-8-18)31(34)35/h3-13,28H,14H2,1-2H3,(H,27,32). The molecule has 0 radical (unpaired) electrons. The zero-order valence-electron chi connectivity index (χ0n) is 19.4. The monoisotopic (exact) mass is 499 g/mol. The number of nitro groups is 1. The molecule has 1 amide bonds. The van der Waals surface area contributed by atoms with Crippen molar-refractivity contribution >= 4 is 51.0 Å². The molecule has 0 aliphatic rings. The number of hydrogen-bond acceptors (Lipinski definition) is 6. The molecule has 9 nitrogen and oxygen atoms in total. The van der Waals surface area contributed by atoms with Gasteiger partial charge in [0.1, 0.15) is 11.0 Å². The van der Waals surface area contributed by atoms with Gasteiger partial charge in [-0.25, -0.2) is 4.98 Å². The van der Waals surface area contributed by atoms with E-state index in [9.17, 15) is 19.7 Å². The van der Waals surface area contributed by atoms with E-state index in [0.717, 1.165) is 33.8 Å². The smallest absolute Gasteiger partial charge is 0.283 e. The van der Waals surface area contributed by atoms with Crippen LogP contribution in [-0.2, 0) is 4.79 Å². The first kappa shape index (κ1) is 23.3. The van der Waals surface area contributed by atoms with Crippen LogP contribution in [0.4, 0.5) is 11.4 Å². The number of benzene rings is 3. The van der Waals surface area contributed by atoms with Crippen LogP contribution in [0.3, 0.4) is 0 Å². The first-order valence-corrected chi connectivity index (χ1v) is 12.1. The van der Waals surface area contributed by atoms with E-state index in [0.29, 0.717) is 27.6 Å². The lowest BCUT2D eigenvalue weighted by molar-refractivity contribution is -0.384. The third-order valence-electron chi connectivity index (χ3n) is 5.65. The molecular formula is C26H21N5O4S. The van der Waals surface area contributed by atoms with Crippen molar-refractivity contribution < 1.29 is 9.72 Å². The summed E-state index contributed by atoms with van der Waals surface area (Å²) in [5.74, 6) is -0.228. The minimum absolute atomic E-state index is 0.0142. The number of fused-ring (bicyclic) bond motifs is 3. The lowest BCUT2D eigenvalue weighted by atomic mass is 10.1. The van der Waals surface area contributed by atoms with E-state index >= 15 is 0 Å². The van der Waals surface area contributed by atoms with Crippen LogP contribution in [0.2, 0.25) is 0 Å². The third kappa shape index (κ3) is 4.46. The average molecular weight is 500 g/mol. The van der Waals surface area contributed by atoms with E-state index in [2.05, 4.69) is 10.3 Å². The Balaban J connectivity index is 1.55. The van der Waals surface area contributed by atoms with Crippen molar-refractivity contribution in [1.29, 1.82) is 0 Å². The minimum atomic E-state index is -0.501. The molecule has 10 heteroatoms. The SMILES string of the molecule is Cc1cc(C)cc(NC(=O)CSc2nc3c([nH]c4ccccc43)c(=O)n2-c2ccc([N+](=O)[O-])cc2)c1. The fourth-order valence-electron chi connectivity index (χ4n) is 4.16. The molecule has 0 atom stereocenters. The summed E-state index contributed by atoms with van der Waals surface area (Å²) < 4.78 is 1.37. The number of amides is 1. The molecule has 0 unspecified atom stereocenters. The summed E-state index contributed by atoms with van der Waals surface area (Å²) in [6.45, 7) is 3.92. The van der Waals surface area contributed by atoms with Crippen LogP contribution >= 0.6 is 11.8 Å². The van der Waals surface area contributed by atoms with Gasteiger partial charge in [0.2, 0.25) is 5.91 Å². The Morgan fingerprint density at radius 3 is 2.47 bits per heavy atom. The molecule has 5 rings (SSSR count). The van der Waals surface area contributed by atoms with Crippen molar-refractivity contribution in [3.8, 4) is 5.69 Å². The second-order valence-corrected chi connectivity index (χ2v) is 9.36. The number of carbonyl (C=O) groups is 1. The molecule has 2 aromatic heterocycles. The maximum atomic E-state index is 13.6. The topological polar surface area (TPSA) is 123 Å². The number of hydrogen-bond donors (Lipinski definition) is 2. The van der Waals surface area contributed by atoms with E-state index in [1.54, 1.807) is 0 Å². The summed E-state index contributed by atoms with van der Waals surface area (Å²) in [5.41, 5.74) is 4.33. The summed E-state index contributed by atoms with van der Waals surface area (Å²) >= 11 is 1.12. The predicted molar refractivity (Wildman–Crippen MR) is 141 cm³/mol. The Labute approximate surface area is 209 Å². The Bertz CT molecular complexity index is 1690.